The van der Waals surface area contributed by atoms with Crippen LogP contribution in [0.15, 0.2) is 24.3 Å². The SMILES string of the molecule is CCCCCCC/C=C\C/C=C\CCCCCCCCCCCCCC(=O)OC(CO)COP(=O)(O)OCC(CO)OC(=O)CCCCCCCCCC. The van der Waals surface area contributed by atoms with Crippen molar-refractivity contribution in [3.8, 4) is 0 Å². The maximum absolute atomic E-state index is 12.3. The van der Waals surface area contributed by atoms with Crippen LogP contribution in [0.1, 0.15) is 200 Å². The summed E-state index contributed by atoms with van der Waals surface area (Å²) in [5, 5.41) is 19.1. The van der Waals surface area contributed by atoms with E-state index in [1.54, 1.807) is 0 Å². The summed E-state index contributed by atoms with van der Waals surface area (Å²) in [5.74, 6) is -1.02. The van der Waals surface area contributed by atoms with E-state index < -0.39 is 58.4 Å². The Hall–Kier alpha value is -1.55. The van der Waals surface area contributed by atoms with E-state index in [2.05, 4.69) is 38.2 Å². The van der Waals surface area contributed by atoms with Gasteiger partial charge in [-0.2, -0.15) is 0 Å². The third-order valence-corrected chi connectivity index (χ3v) is 10.4. The number of rotatable bonds is 41. The minimum Gasteiger partial charge on any atom is -0.457 e. The van der Waals surface area contributed by atoms with Gasteiger partial charge in [-0.15, -0.1) is 0 Å². The summed E-state index contributed by atoms with van der Waals surface area (Å²) in [6, 6.07) is 0. The Morgan fingerprint density at radius 2 is 0.815 bits per heavy atom. The van der Waals surface area contributed by atoms with Crippen LogP contribution in [0.2, 0.25) is 0 Å². The zero-order valence-corrected chi connectivity index (χ0v) is 35.3. The molecule has 0 aromatic carbocycles. The molecule has 0 rings (SSSR count). The van der Waals surface area contributed by atoms with Crippen LogP contribution < -0.4 is 0 Å². The predicted octanol–water partition coefficient (Wildman–Crippen LogP) is 11.4. The van der Waals surface area contributed by atoms with Gasteiger partial charge in [0.1, 0.15) is 12.2 Å². The van der Waals surface area contributed by atoms with Crippen molar-refractivity contribution in [3.05, 3.63) is 24.3 Å². The van der Waals surface area contributed by atoms with Gasteiger partial charge in [-0.25, -0.2) is 4.57 Å². The third-order valence-electron chi connectivity index (χ3n) is 9.42. The number of allylic oxidation sites excluding steroid dienone is 4. The van der Waals surface area contributed by atoms with Gasteiger partial charge >= 0.3 is 19.8 Å². The van der Waals surface area contributed by atoms with Crippen LogP contribution in [-0.2, 0) is 32.7 Å². The van der Waals surface area contributed by atoms with Gasteiger partial charge in [0.15, 0.2) is 0 Å². The molecule has 54 heavy (non-hydrogen) atoms. The van der Waals surface area contributed by atoms with Crippen molar-refractivity contribution in [2.45, 2.75) is 212 Å². The molecule has 318 valence electrons. The van der Waals surface area contributed by atoms with E-state index in [1.165, 1.54) is 116 Å². The van der Waals surface area contributed by atoms with Gasteiger partial charge in [0.2, 0.25) is 0 Å². The highest BCUT2D eigenvalue weighted by atomic mass is 31.2. The minimum absolute atomic E-state index is 0.192. The van der Waals surface area contributed by atoms with Crippen LogP contribution in [0.4, 0.5) is 0 Å². The van der Waals surface area contributed by atoms with E-state index in [0.29, 0.717) is 12.8 Å². The first kappa shape index (κ1) is 52.5. The van der Waals surface area contributed by atoms with E-state index in [4.69, 9.17) is 18.5 Å². The van der Waals surface area contributed by atoms with Gasteiger partial charge < -0.3 is 24.6 Å². The molecule has 3 unspecified atom stereocenters. The Labute approximate surface area is 329 Å². The zero-order chi connectivity index (χ0) is 39.8. The number of carbonyl (C=O) groups is 2. The second kappa shape index (κ2) is 39.7. The molecule has 0 spiro atoms. The molecule has 0 aliphatic carbocycles. The normalized spacial score (nSPS) is 14.1. The number of ether oxygens (including phenoxy) is 2. The zero-order valence-electron chi connectivity index (χ0n) is 34.4. The molecule has 0 saturated carbocycles. The monoisotopic (exact) mass is 789 g/mol. The lowest BCUT2D eigenvalue weighted by atomic mass is 10.0. The molecule has 0 fully saturated rings. The predicted molar refractivity (Wildman–Crippen MR) is 219 cm³/mol. The van der Waals surface area contributed by atoms with Gasteiger partial charge in [0.05, 0.1) is 26.4 Å². The van der Waals surface area contributed by atoms with Gasteiger partial charge in [-0.3, -0.25) is 18.6 Å². The van der Waals surface area contributed by atoms with E-state index in [1.807, 2.05) is 0 Å². The van der Waals surface area contributed by atoms with E-state index in [9.17, 15) is 29.3 Å². The Morgan fingerprint density at radius 1 is 0.500 bits per heavy atom. The van der Waals surface area contributed by atoms with Crippen LogP contribution in [0.25, 0.3) is 0 Å². The summed E-state index contributed by atoms with van der Waals surface area (Å²) >= 11 is 0. The molecule has 3 atom stereocenters. The summed E-state index contributed by atoms with van der Waals surface area (Å²) in [7, 11) is -4.63. The summed E-state index contributed by atoms with van der Waals surface area (Å²) in [6.45, 7) is 2.16. The molecule has 11 heteroatoms. The van der Waals surface area contributed by atoms with Crippen molar-refractivity contribution in [1.82, 2.24) is 0 Å². The Morgan fingerprint density at radius 3 is 1.15 bits per heavy atom. The first-order valence-corrected chi connectivity index (χ1v) is 23.3. The summed E-state index contributed by atoms with van der Waals surface area (Å²) in [5.41, 5.74) is 0. The van der Waals surface area contributed by atoms with E-state index >= 15 is 0 Å². The maximum atomic E-state index is 12.3. The van der Waals surface area contributed by atoms with E-state index in [0.717, 1.165) is 44.9 Å². The highest BCUT2D eigenvalue weighted by Gasteiger charge is 2.27. The van der Waals surface area contributed by atoms with E-state index in [-0.39, 0.29) is 12.8 Å². The van der Waals surface area contributed by atoms with Crippen molar-refractivity contribution >= 4 is 19.8 Å². The fraction of sp³-hybridized carbons (Fsp3) is 0.860. The molecule has 0 amide bonds. The van der Waals surface area contributed by atoms with Crippen molar-refractivity contribution < 1.29 is 47.8 Å². The van der Waals surface area contributed by atoms with Crippen molar-refractivity contribution in [3.63, 3.8) is 0 Å². The van der Waals surface area contributed by atoms with Crippen LogP contribution in [-0.4, -0.2) is 65.7 Å². The highest BCUT2D eigenvalue weighted by Crippen LogP contribution is 2.43. The van der Waals surface area contributed by atoms with Crippen molar-refractivity contribution in [2.75, 3.05) is 26.4 Å². The number of hydrogen-bond donors (Lipinski definition) is 3. The average molecular weight is 789 g/mol. The number of hydrogen-bond acceptors (Lipinski definition) is 9. The number of phosphoric acid groups is 1. The molecule has 0 aromatic rings. The molecule has 0 radical (unpaired) electrons. The number of carbonyl (C=O) groups excluding carboxylic acids is 2. The number of aliphatic hydroxyl groups excluding tert-OH is 2. The fourth-order valence-corrected chi connectivity index (χ4v) is 6.81. The quantitative estimate of drug-likeness (QED) is 0.0236. The first-order chi connectivity index (χ1) is 26.3. The topological polar surface area (TPSA) is 149 Å². The number of aliphatic hydroxyl groups is 2. The molecule has 0 bridgehead atoms. The lowest BCUT2D eigenvalue weighted by Gasteiger charge is -2.20. The molecular formula is C43H81O10P. The number of esters is 2. The lowest BCUT2D eigenvalue weighted by molar-refractivity contribution is -0.153. The summed E-state index contributed by atoms with van der Waals surface area (Å²) < 4.78 is 32.4. The highest BCUT2D eigenvalue weighted by molar-refractivity contribution is 7.47. The molecular weight excluding hydrogens is 707 g/mol. The third kappa shape index (κ3) is 37.4. The molecule has 0 saturated heterocycles. The van der Waals surface area contributed by atoms with Crippen LogP contribution in [0.3, 0.4) is 0 Å². The molecule has 10 nitrogen and oxygen atoms in total. The maximum Gasteiger partial charge on any atom is 0.472 e. The Balaban J connectivity index is 3.82. The molecule has 0 aliphatic heterocycles. The number of unbranched alkanes of at least 4 members (excludes halogenated alkanes) is 23. The standard InChI is InChI=1S/C43H81O10P/c1-3-5-7-9-11-13-14-15-16-17-18-19-20-21-22-23-24-25-26-27-29-31-33-35-43(47)53-41(37-45)39-51-54(48,49)50-38-40(36-44)52-42(46)34-32-30-28-12-10-8-6-4-2/h14-15,17-18,40-41,44-45H,3-13,16,19-39H2,1-2H3,(H,48,49)/b15-14-,18-17-. The van der Waals surface area contributed by atoms with Crippen molar-refractivity contribution in [1.29, 1.82) is 0 Å². The Kier molecular flexibility index (Phi) is 38.5. The smallest absolute Gasteiger partial charge is 0.457 e. The van der Waals surface area contributed by atoms with Crippen LogP contribution in [0, 0.1) is 0 Å². The minimum atomic E-state index is -4.63. The molecule has 0 aliphatic rings. The fourth-order valence-electron chi connectivity index (χ4n) is 6.03. The summed E-state index contributed by atoms with van der Waals surface area (Å²) in [4.78, 5) is 34.4. The van der Waals surface area contributed by atoms with Crippen molar-refractivity contribution in [2.24, 2.45) is 0 Å². The average Bonchev–Trinajstić information content (AvgIpc) is 3.16. The number of phosphoric ester groups is 1. The second-order valence-corrected chi connectivity index (χ2v) is 16.1. The van der Waals surface area contributed by atoms with Gasteiger partial charge in [-0.1, -0.05) is 167 Å². The molecule has 3 N–H and O–H groups in total. The lowest BCUT2D eigenvalue weighted by Crippen LogP contribution is -2.28. The molecule has 0 aromatic heterocycles. The largest absolute Gasteiger partial charge is 0.472 e. The Bertz CT molecular complexity index is 957. The van der Waals surface area contributed by atoms with Gasteiger partial charge in [0.25, 0.3) is 0 Å². The van der Waals surface area contributed by atoms with Crippen LogP contribution >= 0.6 is 7.82 Å². The first-order valence-electron chi connectivity index (χ1n) is 21.8. The van der Waals surface area contributed by atoms with Gasteiger partial charge in [0, 0.05) is 12.8 Å². The van der Waals surface area contributed by atoms with Crippen LogP contribution in [0.5, 0.6) is 0 Å². The molecule has 0 heterocycles. The second-order valence-electron chi connectivity index (χ2n) is 14.7. The van der Waals surface area contributed by atoms with Gasteiger partial charge in [-0.05, 0) is 44.9 Å². The summed E-state index contributed by atoms with van der Waals surface area (Å²) in [6.07, 6.45) is 38.9.